The number of hydrogen-bond donors (Lipinski definition) is 3. The lowest BCUT2D eigenvalue weighted by molar-refractivity contribution is 0.0945. The lowest BCUT2D eigenvalue weighted by Crippen LogP contribution is -2.33. The molecule has 0 unspecified atom stereocenters. The van der Waals surface area contributed by atoms with Crippen LogP contribution in [0.5, 0.6) is 0 Å². The smallest absolute Gasteiger partial charge is 0.251 e. The van der Waals surface area contributed by atoms with Gasteiger partial charge in [-0.2, -0.15) is 0 Å². The van der Waals surface area contributed by atoms with Crippen molar-refractivity contribution in [3.05, 3.63) is 29.8 Å². The molecule has 0 aromatic heterocycles. The summed E-state index contributed by atoms with van der Waals surface area (Å²) in [6, 6.07) is 8.04. The molecule has 4 nitrogen and oxygen atoms in total. The van der Waals surface area contributed by atoms with Crippen LogP contribution in [0.1, 0.15) is 30.1 Å². The van der Waals surface area contributed by atoms with E-state index < -0.39 is 0 Å². The molecule has 98 valence electrons. The summed E-state index contributed by atoms with van der Waals surface area (Å²) < 4.78 is 0. The lowest BCUT2D eigenvalue weighted by atomic mass is 9.82. The van der Waals surface area contributed by atoms with Crippen LogP contribution in [0.15, 0.2) is 24.3 Å². The maximum absolute atomic E-state index is 11.6. The number of rotatable bonds is 5. The molecule has 1 amide bonds. The van der Waals surface area contributed by atoms with Gasteiger partial charge in [-0.1, -0.05) is 6.92 Å². The van der Waals surface area contributed by atoms with Gasteiger partial charge < -0.3 is 15.7 Å². The number of nitrogens with one attached hydrogen (secondary N) is 2. The summed E-state index contributed by atoms with van der Waals surface area (Å²) in [6.07, 6.45) is 2.44. The van der Waals surface area contributed by atoms with Crippen LogP contribution in [0, 0.1) is 5.92 Å². The Hall–Kier alpha value is -1.55. The van der Waals surface area contributed by atoms with Crippen molar-refractivity contribution < 1.29 is 9.90 Å². The molecule has 1 aliphatic carbocycles. The molecule has 0 saturated heterocycles. The van der Waals surface area contributed by atoms with Gasteiger partial charge in [-0.3, -0.25) is 4.79 Å². The second kappa shape index (κ2) is 5.87. The van der Waals surface area contributed by atoms with E-state index in [-0.39, 0.29) is 12.5 Å². The highest BCUT2D eigenvalue weighted by atomic mass is 16.3. The maximum atomic E-state index is 11.6. The van der Waals surface area contributed by atoms with E-state index in [1.807, 2.05) is 12.1 Å². The molecule has 1 aromatic carbocycles. The minimum Gasteiger partial charge on any atom is -0.395 e. The minimum absolute atomic E-state index is 0.0365. The van der Waals surface area contributed by atoms with E-state index in [1.54, 1.807) is 12.1 Å². The van der Waals surface area contributed by atoms with Gasteiger partial charge in [0.2, 0.25) is 0 Å². The number of aliphatic hydroxyl groups is 1. The number of hydrogen-bond acceptors (Lipinski definition) is 3. The average Bonchev–Trinajstić information content (AvgIpc) is 2.35. The van der Waals surface area contributed by atoms with Gasteiger partial charge in [-0.25, -0.2) is 0 Å². The summed E-state index contributed by atoms with van der Waals surface area (Å²) in [5.74, 6) is 0.680. The Bertz CT molecular complexity index is 397. The predicted octanol–water partition coefficient (Wildman–Crippen LogP) is 1.62. The fraction of sp³-hybridized carbons (Fsp3) is 0.500. The molecule has 2 rings (SSSR count). The van der Waals surface area contributed by atoms with Crippen molar-refractivity contribution in [2.24, 2.45) is 5.92 Å². The summed E-state index contributed by atoms with van der Waals surface area (Å²) in [5.41, 5.74) is 1.68. The number of aliphatic hydroxyl groups excluding tert-OH is 1. The van der Waals surface area contributed by atoms with Crippen LogP contribution < -0.4 is 10.6 Å². The first-order valence-electron chi connectivity index (χ1n) is 6.44. The molecule has 0 aliphatic heterocycles. The molecule has 1 saturated carbocycles. The highest BCUT2D eigenvalue weighted by molar-refractivity contribution is 5.94. The van der Waals surface area contributed by atoms with E-state index in [1.165, 1.54) is 12.8 Å². The van der Waals surface area contributed by atoms with E-state index in [0.717, 1.165) is 11.6 Å². The third-order valence-electron chi connectivity index (χ3n) is 3.29. The van der Waals surface area contributed by atoms with Crippen molar-refractivity contribution >= 4 is 11.6 Å². The zero-order valence-corrected chi connectivity index (χ0v) is 10.6. The van der Waals surface area contributed by atoms with Crippen molar-refractivity contribution in [3.63, 3.8) is 0 Å². The normalized spacial score (nSPS) is 22.1. The highest BCUT2D eigenvalue weighted by Gasteiger charge is 2.24. The van der Waals surface area contributed by atoms with Crippen LogP contribution in [-0.2, 0) is 0 Å². The second-order valence-electron chi connectivity index (χ2n) is 4.97. The first-order chi connectivity index (χ1) is 8.69. The van der Waals surface area contributed by atoms with E-state index >= 15 is 0 Å². The fourth-order valence-corrected chi connectivity index (χ4v) is 2.25. The molecule has 4 heteroatoms. The van der Waals surface area contributed by atoms with Gasteiger partial charge in [-0.15, -0.1) is 0 Å². The molecule has 3 N–H and O–H groups in total. The first-order valence-corrected chi connectivity index (χ1v) is 6.44. The summed E-state index contributed by atoms with van der Waals surface area (Å²) >= 11 is 0. The zero-order valence-electron chi connectivity index (χ0n) is 10.6. The molecular formula is C14H20N2O2. The Kier molecular flexibility index (Phi) is 4.20. The first kappa shape index (κ1) is 12.9. The van der Waals surface area contributed by atoms with E-state index in [2.05, 4.69) is 17.6 Å². The van der Waals surface area contributed by atoms with Crippen molar-refractivity contribution in [1.82, 2.24) is 5.32 Å². The maximum Gasteiger partial charge on any atom is 0.251 e. The zero-order chi connectivity index (χ0) is 13.0. The molecule has 0 heterocycles. The Labute approximate surface area is 107 Å². The Morgan fingerprint density at radius 3 is 2.56 bits per heavy atom. The van der Waals surface area contributed by atoms with Crippen LogP contribution in [0.3, 0.4) is 0 Å². The molecule has 1 aromatic rings. The van der Waals surface area contributed by atoms with Gasteiger partial charge in [0.1, 0.15) is 0 Å². The SMILES string of the molecule is CC1CC(Nc2ccc(C(=O)NCCO)cc2)C1. The third-order valence-corrected chi connectivity index (χ3v) is 3.29. The number of benzene rings is 1. The lowest BCUT2D eigenvalue weighted by Gasteiger charge is -2.34. The number of anilines is 1. The summed E-state index contributed by atoms with van der Waals surface area (Å²) in [6.45, 7) is 2.51. The van der Waals surface area contributed by atoms with E-state index in [4.69, 9.17) is 5.11 Å². The molecule has 0 spiro atoms. The Morgan fingerprint density at radius 1 is 1.33 bits per heavy atom. The number of carbonyl (C=O) groups is 1. The highest BCUT2D eigenvalue weighted by Crippen LogP contribution is 2.29. The van der Waals surface area contributed by atoms with Crippen LogP contribution in [0.2, 0.25) is 0 Å². The van der Waals surface area contributed by atoms with Gasteiger partial charge >= 0.3 is 0 Å². The van der Waals surface area contributed by atoms with Gasteiger partial charge in [0.05, 0.1) is 6.61 Å². The van der Waals surface area contributed by atoms with Crippen LogP contribution in [0.4, 0.5) is 5.69 Å². The topological polar surface area (TPSA) is 61.4 Å². The Balaban J connectivity index is 1.87. The van der Waals surface area contributed by atoms with Gasteiger partial charge in [0.25, 0.3) is 5.91 Å². The van der Waals surface area contributed by atoms with E-state index in [0.29, 0.717) is 18.2 Å². The van der Waals surface area contributed by atoms with Crippen LogP contribution >= 0.6 is 0 Å². The molecular weight excluding hydrogens is 228 g/mol. The largest absolute Gasteiger partial charge is 0.395 e. The van der Waals surface area contributed by atoms with E-state index in [9.17, 15) is 4.79 Å². The summed E-state index contributed by atoms with van der Waals surface area (Å²) in [7, 11) is 0. The average molecular weight is 248 g/mol. The third kappa shape index (κ3) is 3.23. The molecule has 1 aliphatic rings. The van der Waals surface area contributed by atoms with Gasteiger partial charge in [0.15, 0.2) is 0 Å². The standard InChI is InChI=1S/C14H20N2O2/c1-10-8-13(9-10)16-12-4-2-11(3-5-12)14(18)15-6-7-17/h2-5,10,13,16-17H,6-9H2,1H3,(H,15,18). The Morgan fingerprint density at radius 2 is 2.00 bits per heavy atom. The molecule has 0 atom stereocenters. The van der Waals surface area contributed by atoms with Crippen molar-refractivity contribution in [2.75, 3.05) is 18.5 Å². The second-order valence-corrected chi connectivity index (χ2v) is 4.97. The molecule has 0 bridgehead atoms. The van der Waals surface area contributed by atoms with Crippen molar-refractivity contribution in [3.8, 4) is 0 Å². The fourth-order valence-electron chi connectivity index (χ4n) is 2.25. The number of amides is 1. The van der Waals surface area contributed by atoms with Crippen LogP contribution in [-0.4, -0.2) is 30.2 Å². The monoisotopic (exact) mass is 248 g/mol. The minimum atomic E-state index is -0.145. The predicted molar refractivity (Wildman–Crippen MR) is 71.7 cm³/mol. The van der Waals surface area contributed by atoms with Gasteiger partial charge in [-0.05, 0) is 43.0 Å². The van der Waals surface area contributed by atoms with Gasteiger partial charge in [0, 0.05) is 23.8 Å². The quantitative estimate of drug-likeness (QED) is 0.742. The van der Waals surface area contributed by atoms with Crippen molar-refractivity contribution in [1.29, 1.82) is 0 Å². The molecule has 18 heavy (non-hydrogen) atoms. The summed E-state index contributed by atoms with van der Waals surface area (Å²) in [5, 5.41) is 14.7. The summed E-state index contributed by atoms with van der Waals surface area (Å²) in [4.78, 5) is 11.6. The molecule has 0 radical (unpaired) electrons. The van der Waals surface area contributed by atoms with Crippen LogP contribution in [0.25, 0.3) is 0 Å². The molecule has 1 fully saturated rings. The van der Waals surface area contributed by atoms with Crippen molar-refractivity contribution in [2.45, 2.75) is 25.8 Å². The number of carbonyl (C=O) groups excluding carboxylic acids is 1.